The first-order chi connectivity index (χ1) is 31.0. The molecule has 1 aliphatic carbocycles. The van der Waals surface area contributed by atoms with E-state index >= 15 is 0 Å². The van der Waals surface area contributed by atoms with Crippen LogP contribution in [0.25, 0.3) is 10.9 Å². The van der Waals surface area contributed by atoms with Crippen LogP contribution in [0.2, 0.25) is 0 Å². The maximum atomic E-state index is 14.9. The number of primary amides is 3. The van der Waals surface area contributed by atoms with E-state index in [2.05, 4.69) is 42.5 Å². The highest BCUT2D eigenvalue weighted by Crippen LogP contribution is 2.32. The highest BCUT2D eigenvalue weighted by molar-refractivity contribution is 5.98. The lowest BCUT2D eigenvalue weighted by Gasteiger charge is -2.33. The van der Waals surface area contributed by atoms with Gasteiger partial charge in [0, 0.05) is 48.7 Å². The average molecular weight is 905 g/mol. The summed E-state index contributed by atoms with van der Waals surface area (Å²) in [5.74, 6) is -6.83. The minimum Gasteiger partial charge on any atom is -0.394 e. The Bertz CT molecular complexity index is 2210. The van der Waals surface area contributed by atoms with E-state index in [0.29, 0.717) is 17.7 Å². The number of H-pyrrole nitrogens is 1. The number of allylic oxidation sites excluding steroid dienone is 3. The number of nitrogens with two attached hydrogens (primary N) is 4. The molecule has 1 aromatic carbocycles. The predicted molar refractivity (Wildman–Crippen MR) is 236 cm³/mol. The van der Waals surface area contributed by atoms with Gasteiger partial charge in [0.05, 0.1) is 30.5 Å². The number of aliphatic hydroxyl groups is 1. The molecule has 1 saturated heterocycles. The van der Waals surface area contributed by atoms with Crippen LogP contribution in [0.1, 0.15) is 57.9 Å². The molecular formula is C42H60N14O9. The Balaban J connectivity index is 1.43. The second-order valence-electron chi connectivity index (χ2n) is 16.3. The summed E-state index contributed by atoms with van der Waals surface area (Å²) in [6.07, 6.45) is 10.3. The highest BCUT2D eigenvalue weighted by Gasteiger charge is 2.46. The summed E-state index contributed by atoms with van der Waals surface area (Å²) in [4.78, 5) is 110. The second-order valence-corrected chi connectivity index (χ2v) is 16.3. The van der Waals surface area contributed by atoms with Crippen LogP contribution in [0.5, 0.6) is 0 Å². The van der Waals surface area contributed by atoms with Gasteiger partial charge < -0.3 is 69.9 Å². The van der Waals surface area contributed by atoms with Gasteiger partial charge >= 0.3 is 6.03 Å². The van der Waals surface area contributed by atoms with Crippen LogP contribution in [-0.2, 0) is 40.0 Å². The van der Waals surface area contributed by atoms with Crippen molar-refractivity contribution in [2.75, 3.05) is 19.7 Å². The van der Waals surface area contributed by atoms with Crippen molar-refractivity contribution in [3.8, 4) is 0 Å². The zero-order valence-corrected chi connectivity index (χ0v) is 36.3. The van der Waals surface area contributed by atoms with Gasteiger partial charge in [0.25, 0.3) is 0 Å². The fourth-order valence-electron chi connectivity index (χ4n) is 7.80. The molecular weight excluding hydrogens is 845 g/mol. The van der Waals surface area contributed by atoms with Crippen molar-refractivity contribution in [1.82, 2.24) is 52.4 Å². The first kappa shape index (κ1) is 49.0. The molecule has 17 N–H and O–H groups in total. The van der Waals surface area contributed by atoms with Crippen LogP contribution < -0.4 is 60.5 Å². The topological polar surface area (TPSA) is 367 Å². The van der Waals surface area contributed by atoms with Crippen molar-refractivity contribution in [1.29, 1.82) is 0 Å². The molecule has 0 spiro atoms. The average Bonchev–Trinajstić information content (AvgIpc) is 4.12. The molecule has 1 unspecified atom stereocenters. The van der Waals surface area contributed by atoms with Crippen LogP contribution in [0.3, 0.4) is 0 Å². The van der Waals surface area contributed by atoms with Gasteiger partial charge in [-0.3, -0.25) is 38.6 Å². The number of para-hydroxylation sites is 1. The van der Waals surface area contributed by atoms with E-state index in [1.165, 1.54) is 4.90 Å². The Morgan fingerprint density at radius 1 is 0.938 bits per heavy atom. The lowest BCUT2D eigenvalue weighted by molar-refractivity contribution is -0.143. The third-order valence-corrected chi connectivity index (χ3v) is 11.7. The molecule has 0 bridgehead atoms. The quantitative estimate of drug-likeness (QED) is 0.0497. The first-order valence-corrected chi connectivity index (χ1v) is 21.4. The van der Waals surface area contributed by atoms with Crippen molar-refractivity contribution in [2.24, 2.45) is 34.8 Å². The molecule has 9 amide bonds. The van der Waals surface area contributed by atoms with Crippen LogP contribution in [0, 0.1) is 11.8 Å². The molecule has 1 aromatic heterocycles. The summed E-state index contributed by atoms with van der Waals surface area (Å²) < 4.78 is 0. The third kappa shape index (κ3) is 12.8. The molecule has 2 aromatic rings. The number of aromatic amines is 1. The van der Waals surface area contributed by atoms with Gasteiger partial charge in [0.1, 0.15) is 30.2 Å². The van der Waals surface area contributed by atoms with Crippen molar-refractivity contribution < 1.29 is 43.5 Å². The van der Waals surface area contributed by atoms with Crippen molar-refractivity contribution in [2.45, 2.75) is 95.0 Å². The number of hydrogen-bond acceptors (Lipinski definition) is 13. The summed E-state index contributed by atoms with van der Waals surface area (Å²) >= 11 is 0. The molecule has 2 aliphatic heterocycles. The van der Waals surface area contributed by atoms with E-state index in [1.54, 1.807) is 25.1 Å². The number of fused-ring (bicyclic) bond motifs is 1. The molecule has 0 saturated carbocycles. The number of amides is 9. The number of urea groups is 1. The monoisotopic (exact) mass is 904 g/mol. The number of nitrogens with zero attached hydrogens (tertiary/aromatic N) is 2. The van der Waals surface area contributed by atoms with E-state index in [1.807, 2.05) is 48.7 Å². The van der Waals surface area contributed by atoms with Gasteiger partial charge in [-0.15, -0.1) is 5.53 Å². The van der Waals surface area contributed by atoms with Crippen molar-refractivity contribution >= 4 is 58.3 Å². The molecule has 23 heteroatoms. The Hall–Kier alpha value is -6.98. The van der Waals surface area contributed by atoms with Crippen LogP contribution in [0.15, 0.2) is 66.3 Å². The molecule has 1 fully saturated rings. The summed E-state index contributed by atoms with van der Waals surface area (Å²) in [5.41, 5.74) is 31.2. The van der Waals surface area contributed by atoms with E-state index in [0.717, 1.165) is 23.0 Å². The largest absolute Gasteiger partial charge is 0.394 e. The zero-order chi connectivity index (χ0) is 47.4. The number of hydrazine groups is 2. The normalized spacial score (nSPS) is 19.4. The predicted octanol–water partition coefficient (Wildman–Crippen LogP) is -2.95. The number of benzene rings is 1. The van der Waals surface area contributed by atoms with Crippen LogP contribution in [-0.4, -0.2) is 123 Å². The molecule has 23 nitrogen and oxygen atoms in total. The van der Waals surface area contributed by atoms with Crippen LogP contribution >= 0.6 is 0 Å². The number of carbonyl (C=O) groups is 8. The number of hydrogen-bond donors (Lipinski definition) is 13. The van der Waals surface area contributed by atoms with Gasteiger partial charge in [0.15, 0.2) is 0 Å². The summed E-state index contributed by atoms with van der Waals surface area (Å²) in [5, 5.41) is 25.1. The zero-order valence-electron chi connectivity index (χ0n) is 36.3. The fraction of sp³-hybridized carbons (Fsp3) is 0.476. The minimum absolute atomic E-state index is 0.0164. The number of nitrogens with one attached hydrogen (secondary N) is 8. The maximum absolute atomic E-state index is 14.9. The highest BCUT2D eigenvalue weighted by atomic mass is 16.3. The standard InChI is InChI=1S/C42H60N14O9/c1-3-22(2)35(52-39(62)30(17-34(44)58)49-37(60)27(43)12-8-14-47-42(46)65)41(64)55-19-24(31-20-56(54-53-31)25-9-4-5-10-25)16-33(55)40(63)50-29(38(61)51-32(21-57)36(45)59)15-23-18-48-28-13-7-6-11-26(23)28/h4,6-7,9-11,13,18,20,22,24,27,29-30,32-33,35,48,53-54,57H,3,5,8,12,14-17,19,21,43H2,1-2H3,(H2,44,58)(H2,45,59)(H,49,60)(H,50,63)(H,51,61)(H,52,62)(H3,46,47,65)/t22-,24?,27-,29-,30-,32-,33-,35-/m0/s1. The molecule has 65 heavy (non-hydrogen) atoms. The molecule has 8 atom stereocenters. The minimum atomic E-state index is -1.53. The lowest BCUT2D eigenvalue weighted by Crippen LogP contribution is -2.61. The van der Waals surface area contributed by atoms with Gasteiger partial charge in [-0.05, 0) is 49.3 Å². The Kier molecular flexibility index (Phi) is 17.0. The maximum Gasteiger partial charge on any atom is 0.312 e. The summed E-state index contributed by atoms with van der Waals surface area (Å²) in [6, 6.07) is -1.40. The van der Waals surface area contributed by atoms with E-state index in [4.69, 9.17) is 22.9 Å². The molecule has 352 valence electrons. The van der Waals surface area contributed by atoms with Crippen molar-refractivity contribution in [3.05, 3.63) is 71.8 Å². The molecule has 3 aliphatic rings. The number of likely N-dealkylation sites (tertiary alicyclic amines) is 1. The smallest absolute Gasteiger partial charge is 0.312 e. The van der Waals surface area contributed by atoms with Gasteiger partial charge in [0.2, 0.25) is 41.4 Å². The summed E-state index contributed by atoms with van der Waals surface area (Å²) in [6.45, 7) is 2.84. The Labute approximate surface area is 374 Å². The third-order valence-electron chi connectivity index (χ3n) is 11.7. The van der Waals surface area contributed by atoms with E-state index in [-0.39, 0.29) is 38.8 Å². The SMILES string of the molecule is CC[C@H](C)[C@H](NC(=O)[C@H](CC(N)=O)NC(=O)[C@@H](N)CCCNC(N)=O)C(=O)N1CC(C2=CN(C3=CCC=C3)NN2)C[C@H]1C(=O)N[C@@H](Cc1c[nH]c2ccccc12)C(=O)N[C@@H](CO)C(N)=O. The molecule has 0 radical (unpaired) electrons. The van der Waals surface area contributed by atoms with Gasteiger partial charge in [-0.25, -0.2) is 4.79 Å². The van der Waals surface area contributed by atoms with E-state index in [9.17, 15) is 43.5 Å². The second kappa shape index (κ2) is 22.6. The lowest BCUT2D eigenvalue weighted by atomic mass is 9.96. The number of carbonyl (C=O) groups excluding carboxylic acids is 8. The number of rotatable bonds is 23. The van der Waals surface area contributed by atoms with Crippen molar-refractivity contribution in [3.63, 3.8) is 0 Å². The Morgan fingerprint density at radius 2 is 1.66 bits per heavy atom. The fourth-order valence-corrected chi connectivity index (χ4v) is 7.80. The number of aliphatic hydroxyl groups excluding tert-OH is 1. The van der Waals surface area contributed by atoms with Gasteiger partial charge in [-0.2, -0.15) is 0 Å². The Morgan fingerprint density at radius 3 is 2.32 bits per heavy atom. The molecule has 3 heterocycles. The van der Waals surface area contributed by atoms with Gasteiger partial charge in [-0.1, -0.05) is 50.6 Å². The van der Waals surface area contributed by atoms with E-state index < -0.39 is 108 Å². The molecule has 5 rings (SSSR count). The number of aromatic nitrogens is 1. The van der Waals surface area contributed by atoms with Crippen LogP contribution in [0.4, 0.5) is 4.79 Å². The summed E-state index contributed by atoms with van der Waals surface area (Å²) in [7, 11) is 0. The first-order valence-electron chi connectivity index (χ1n) is 21.4.